The van der Waals surface area contributed by atoms with Crippen LogP contribution in [-0.4, -0.2) is 23.0 Å². The van der Waals surface area contributed by atoms with Crippen LogP contribution in [0.4, 0.5) is 0 Å². The van der Waals surface area contributed by atoms with Gasteiger partial charge in [-0.3, -0.25) is 9.88 Å². The van der Waals surface area contributed by atoms with Crippen molar-refractivity contribution >= 4 is 0 Å². The van der Waals surface area contributed by atoms with Crippen molar-refractivity contribution in [3.8, 4) is 0 Å². The molecule has 0 bridgehead atoms. The molecule has 14 heavy (non-hydrogen) atoms. The summed E-state index contributed by atoms with van der Waals surface area (Å²) in [5, 5.41) is 0. The van der Waals surface area contributed by atoms with Crippen molar-refractivity contribution in [3.63, 3.8) is 0 Å². The average Bonchev–Trinajstić information content (AvgIpc) is 2.15. The summed E-state index contributed by atoms with van der Waals surface area (Å²) in [6.07, 6.45) is 3.26. The molecule has 1 aliphatic rings. The van der Waals surface area contributed by atoms with Crippen LogP contribution in [0.2, 0.25) is 0 Å². The standard InChI is InChI=1S/C10H14N2.C2H6/c1-9-7-10(3-4-11-9)8-12-5-2-6-12;1-2/h3-4,7H,2,5-6,8H2,1H3;1-2H3. The Bertz CT molecular complexity index is 267. The molecule has 0 saturated carbocycles. The van der Waals surface area contributed by atoms with E-state index in [-0.39, 0.29) is 0 Å². The van der Waals surface area contributed by atoms with E-state index in [2.05, 4.69) is 22.0 Å². The third-order valence-corrected chi connectivity index (χ3v) is 2.32. The number of aryl methyl sites for hydroxylation is 1. The lowest BCUT2D eigenvalue weighted by atomic mass is 10.1. The third-order valence-electron chi connectivity index (χ3n) is 2.32. The van der Waals surface area contributed by atoms with Crippen LogP contribution in [0.3, 0.4) is 0 Å². The van der Waals surface area contributed by atoms with Crippen LogP contribution in [0.5, 0.6) is 0 Å². The molecule has 1 aromatic rings. The first-order valence-corrected chi connectivity index (χ1v) is 5.48. The van der Waals surface area contributed by atoms with Gasteiger partial charge in [0.25, 0.3) is 0 Å². The Balaban J connectivity index is 0.000000461. The van der Waals surface area contributed by atoms with Crippen LogP contribution in [-0.2, 0) is 6.54 Å². The van der Waals surface area contributed by atoms with Gasteiger partial charge in [-0.15, -0.1) is 0 Å². The van der Waals surface area contributed by atoms with Gasteiger partial charge < -0.3 is 0 Å². The molecule has 0 atom stereocenters. The first kappa shape index (κ1) is 11.2. The Morgan fingerprint density at radius 1 is 1.36 bits per heavy atom. The zero-order chi connectivity index (χ0) is 10.4. The van der Waals surface area contributed by atoms with Gasteiger partial charge in [-0.2, -0.15) is 0 Å². The number of hydrogen-bond acceptors (Lipinski definition) is 2. The first-order valence-electron chi connectivity index (χ1n) is 5.48. The lowest BCUT2D eigenvalue weighted by Crippen LogP contribution is -2.36. The average molecular weight is 192 g/mol. The smallest absolute Gasteiger partial charge is 0.0375 e. The molecule has 0 aromatic carbocycles. The minimum Gasteiger partial charge on any atom is -0.299 e. The molecular weight excluding hydrogens is 172 g/mol. The maximum Gasteiger partial charge on any atom is 0.0375 e. The van der Waals surface area contributed by atoms with Crippen molar-refractivity contribution in [2.45, 2.75) is 33.7 Å². The number of pyridine rings is 1. The predicted octanol–water partition coefficient (Wildman–Crippen LogP) is 2.62. The number of aromatic nitrogens is 1. The van der Waals surface area contributed by atoms with Gasteiger partial charge in [0.1, 0.15) is 0 Å². The van der Waals surface area contributed by atoms with Crippen LogP contribution in [0.15, 0.2) is 18.3 Å². The van der Waals surface area contributed by atoms with E-state index < -0.39 is 0 Å². The summed E-state index contributed by atoms with van der Waals surface area (Å²) in [6, 6.07) is 4.27. The van der Waals surface area contributed by atoms with Crippen LogP contribution in [0.25, 0.3) is 0 Å². The van der Waals surface area contributed by atoms with Crippen molar-refractivity contribution in [2.75, 3.05) is 13.1 Å². The van der Waals surface area contributed by atoms with Crippen molar-refractivity contribution in [2.24, 2.45) is 0 Å². The third kappa shape index (κ3) is 3.11. The highest BCUT2D eigenvalue weighted by Gasteiger charge is 2.13. The maximum atomic E-state index is 4.17. The molecule has 1 aliphatic heterocycles. The molecule has 2 heteroatoms. The summed E-state index contributed by atoms with van der Waals surface area (Å²) in [4.78, 5) is 6.63. The fraction of sp³-hybridized carbons (Fsp3) is 0.583. The molecule has 0 amide bonds. The zero-order valence-electron chi connectivity index (χ0n) is 9.45. The van der Waals surface area contributed by atoms with E-state index in [4.69, 9.17) is 0 Å². The molecule has 1 aromatic heterocycles. The Hall–Kier alpha value is -0.890. The molecule has 2 heterocycles. The van der Waals surface area contributed by atoms with E-state index in [0.717, 1.165) is 12.2 Å². The highest BCUT2D eigenvalue weighted by molar-refractivity contribution is 5.15. The van der Waals surface area contributed by atoms with Gasteiger partial charge in [0.2, 0.25) is 0 Å². The van der Waals surface area contributed by atoms with E-state index in [1.165, 1.54) is 25.1 Å². The summed E-state index contributed by atoms with van der Waals surface area (Å²) >= 11 is 0. The van der Waals surface area contributed by atoms with Crippen molar-refractivity contribution in [1.29, 1.82) is 0 Å². The van der Waals surface area contributed by atoms with Gasteiger partial charge in [-0.1, -0.05) is 13.8 Å². The van der Waals surface area contributed by atoms with Crippen LogP contribution in [0.1, 0.15) is 31.5 Å². The molecule has 78 valence electrons. The monoisotopic (exact) mass is 192 g/mol. The van der Waals surface area contributed by atoms with Crippen LogP contribution >= 0.6 is 0 Å². The van der Waals surface area contributed by atoms with Crippen molar-refractivity contribution in [1.82, 2.24) is 9.88 Å². The molecule has 2 rings (SSSR count). The second-order valence-corrected chi connectivity index (χ2v) is 3.44. The van der Waals surface area contributed by atoms with Gasteiger partial charge in [0, 0.05) is 18.4 Å². The highest BCUT2D eigenvalue weighted by atomic mass is 15.2. The Labute approximate surface area is 87.0 Å². The summed E-state index contributed by atoms with van der Waals surface area (Å²) in [6.45, 7) is 9.67. The summed E-state index contributed by atoms with van der Waals surface area (Å²) in [5.74, 6) is 0. The lowest BCUT2D eigenvalue weighted by molar-refractivity contribution is 0.172. The Morgan fingerprint density at radius 2 is 2.07 bits per heavy atom. The summed E-state index contributed by atoms with van der Waals surface area (Å²) in [7, 11) is 0. The normalized spacial score (nSPS) is 15.4. The number of hydrogen-bond donors (Lipinski definition) is 0. The van der Waals surface area contributed by atoms with Gasteiger partial charge in [-0.25, -0.2) is 0 Å². The van der Waals surface area contributed by atoms with E-state index in [1.54, 1.807) is 0 Å². The molecule has 1 saturated heterocycles. The fourth-order valence-corrected chi connectivity index (χ4v) is 1.50. The fourth-order valence-electron chi connectivity index (χ4n) is 1.50. The Kier molecular flexibility index (Phi) is 4.60. The zero-order valence-corrected chi connectivity index (χ0v) is 9.45. The topological polar surface area (TPSA) is 16.1 Å². The molecule has 0 N–H and O–H groups in total. The largest absolute Gasteiger partial charge is 0.299 e. The second-order valence-electron chi connectivity index (χ2n) is 3.44. The quantitative estimate of drug-likeness (QED) is 0.716. The number of likely N-dealkylation sites (tertiary alicyclic amines) is 1. The SMILES string of the molecule is CC.Cc1cc(CN2CCC2)ccn1. The minimum absolute atomic E-state index is 1.10. The second kappa shape index (κ2) is 5.76. The van der Waals surface area contributed by atoms with Gasteiger partial charge in [-0.05, 0) is 44.1 Å². The van der Waals surface area contributed by atoms with Crippen molar-refractivity contribution < 1.29 is 0 Å². The van der Waals surface area contributed by atoms with Gasteiger partial charge >= 0.3 is 0 Å². The summed E-state index contributed by atoms with van der Waals surface area (Å²) in [5.41, 5.74) is 2.51. The van der Waals surface area contributed by atoms with E-state index in [9.17, 15) is 0 Å². The van der Waals surface area contributed by atoms with Crippen molar-refractivity contribution in [3.05, 3.63) is 29.6 Å². The number of nitrogens with zero attached hydrogens (tertiary/aromatic N) is 2. The Morgan fingerprint density at radius 3 is 2.57 bits per heavy atom. The summed E-state index contributed by atoms with van der Waals surface area (Å²) < 4.78 is 0. The van der Waals surface area contributed by atoms with E-state index in [1.807, 2.05) is 27.0 Å². The molecular formula is C12H20N2. The molecule has 0 unspecified atom stereocenters. The first-order chi connectivity index (χ1) is 6.84. The molecule has 0 radical (unpaired) electrons. The molecule has 2 nitrogen and oxygen atoms in total. The minimum atomic E-state index is 1.10. The molecule has 1 fully saturated rings. The highest BCUT2D eigenvalue weighted by Crippen LogP contribution is 2.11. The van der Waals surface area contributed by atoms with E-state index >= 15 is 0 Å². The lowest BCUT2D eigenvalue weighted by Gasteiger charge is -2.30. The predicted molar refractivity (Wildman–Crippen MR) is 60.2 cm³/mol. The maximum absolute atomic E-state index is 4.17. The van der Waals surface area contributed by atoms with Crippen LogP contribution < -0.4 is 0 Å². The van der Waals surface area contributed by atoms with E-state index in [0.29, 0.717) is 0 Å². The number of rotatable bonds is 2. The van der Waals surface area contributed by atoms with Gasteiger partial charge in [0.15, 0.2) is 0 Å². The molecule has 0 spiro atoms. The van der Waals surface area contributed by atoms with Crippen LogP contribution in [0, 0.1) is 6.92 Å². The van der Waals surface area contributed by atoms with Gasteiger partial charge in [0.05, 0.1) is 0 Å². The molecule has 0 aliphatic carbocycles.